The van der Waals surface area contributed by atoms with Crippen LogP contribution in [0, 0.1) is 0 Å². The van der Waals surface area contributed by atoms with Gasteiger partial charge in [-0.15, -0.1) is 0 Å². The van der Waals surface area contributed by atoms with Gasteiger partial charge in [0.05, 0.1) is 19.0 Å². The van der Waals surface area contributed by atoms with E-state index >= 15 is 0 Å². The largest absolute Gasteiger partial charge is 0.383 e. The molecule has 5 nitrogen and oxygen atoms in total. The Morgan fingerprint density at radius 2 is 2.36 bits per heavy atom. The van der Waals surface area contributed by atoms with Crippen LogP contribution in [-0.4, -0.2) is 31.7 Å². The van der Waals surface area contributed by atoms with Gasteiger partial charge in [-0.05, 0) is 6.92 Å². The van der Waals surface area contributed by atoms with Gasteiger partial charge in [0.2, 0.25) is 0 Å². The Morgan fingerprint density at radius 3 is 2.79 bits per heavy atom. The summed E-state index contributed by atoms with van der Waals surface area (Å²) in [7, 11) is 2.96. The Balaban J connectivity index is 2.88. The van der Waals surface area contributed by atoms with Crippen molar-refractivity contribution >= 4 is 19.7 Å². The van der Waals surface area contributed by atoms with Gasteiger partial charge in [0.25, 0.3) is 9.05 Å². The normalized spacial score (nSPS) is 14.2. The maximum Gasteiger partial charge on any atom is 0.280 e. The van der Waals surface area contributed by atoms with E-state index in [0.29, 0.717) is 6.61 Å². The molecular weight excluding hydrogens is 228 g/mol. The molecule has 7 heteroatoms. The molecule has 0 amide bonds. The quantitative estimate of drug-likeness (QED) is 0.735. The Kier molecular flexibility index (Phi) is 3.52. The molecule has 14 heavy (non-hydrogen) atoms. The zero-order valence-electron chi connectivity index (χ0n) is 7.84. The molecular formula is C7H11ClN2O3S. The fraction of sp³-hybridized carbons (Fsp3) is 0.571. The number of hydrogen-bond acceptors (Lipinski definition) is 4. The van der Waals surface area contributed by atoms with E-state index in [1.165, 1.54) is 12.5 Å². The number of nitrogens with zero attached hydrogens (tertiary/aromatic N) is 2. The summed E-state index contributed by atoms with van der Waals surface area (Å²) >= 11 is 0. The van der Waals surface area contributed by atoms with Gasteiger partial charge in [-0.3, -0.25) is 0 Å². The monoisotopic (exact) mass is 238 g/mol. The first-order valence-electron chi connectivity index (χ1n) is 3.92. The van der Waals surface area contributed by atoms with Gasteiger partial charge in [-0.25, -0.2) is 13.4 Å². The molecule has 0 aliphatic heterocycles. The van der Waals surface area contributed by atoms with Gasteiger partial charge in [0, 0.05) is 24.0 Å². The van der Waals surface area contributed by atoms with E-state index in [1.54, 1.807) is 11.7 Å². The second-order valence-corrected chi connectivity index (χ2v) is 5.41. The summed E-state index contributed by atoms with van der Waals surface area (Å²) in [6.07, 6.45) is 2.80. The highest BCUT2D eigenvalue weighted by Crippen LogP contribution is 2.14. The van der Waals surface area contributed by atoms with E-state index in [2.05, 4.69) is 4.98 Å². The Bertz CT molecular complexity index is 401. The van der Waals surface area contributed by atoms with Crippen LogP contribution in [0.5, 0.6) is 0 Å². The summed E-state index contributed by atoms with van der Waals surface area (Å²) in [5, 5.41) is -0.137. The molecule has 0 fully saturated rings. The van der Waals surface area contributed by atoms with E-state index in [9.17, 15) is 8.42 Å². The summed E-state index contributed by atoms with van der Waals surface area (Å²) in [5.41, 5.74) is 0. The first kappa shape index (κ1) is 11.5. The van der Waals surface area contributed by atoms with Gasteiger partial charge in [0.1, 0.15) is 0 Å². The van der Waals surface area contributed by atoms with Crippen molar-refractivity contribution in [2.75, 3.05) is 13.7 Å². The number of halogens is 1. The van der Waals surface area contributed by atoms with Crippen molar-refractivity contribution in [1.29, 1.82) is 0 Å². The van der Waals surface area contributed by atoms with Gasteiger partial charge < -0.3 is 9.30 Å². The minimum absolute atomic E-state index is 0.0275. The van der Waals surface area contributed by atoms with E-state index in [0.717, 1.165) is 0 Å². The molecule has 0 saturated heterocycles. The molecule has 0 aliphatic rings. The summed E-state index contributed by atoms with van der Waals surface area (Å²) in [5.74, 6) is 0. The van der Waals surface area contributed by atoms with Crippen LogP contribution in [-0.2, 0) is 13.8 Å². The number of rotatable bonds is 4. The van der Waals surface area contributed by atoms with Crippen molar-refractivity contribution in [3.8, 4) is 0 Å². The van der Waals surface area contributed by atoms with Crippen LogP contribution in [0.4, 0.5) is 0 Å². The first-order chi connectivity index (χ1) is 6.45. The second-order valence-electron chi connectivity index (χ2n) is 2.90. The maximum absolute atomic E-state index is 10.9. The van der Waals surface area contributed by atoms with Gasteiger partial charge >= 0.3 is 0 Å². The van der Waals surface area contributed by atoms with Crippen LogP contribution in [0.3, 0.4) is 0 Å². The fourth-order valence-electron chi connectivity index (χ4n) is 1.01. The Hall–Kier alpha value is -0.590. The number of ether oxygens (including phenoxy) is 1. The molecule has 80 valence electrons. The molecule has 1 rings (SSSR count). The highest BCUT2D eigenvalue weighted by molar-refractivity contribution is 8.13. The first-order valence-corrected chi connectivity index (χ1v) is 6.23. The lowest BCUT2D eigenvalue weighted by Gasteiger charge is -2.10. The zero-order valence-corrected chi connectivity index (χ0v) is 9.42. The van der Waals surface area contributed by atoms with Gasteiger partial charge in [-0.1, -0.05) is 0 Å². The van der Waals surface area contributed by atoms with Crippen LogP contribution in [0.25, 0.3) is 0 Å². The molecule has 0 aromatic carbocycles. The number of methoxy groups -OCH3 is 1. The Labute approximate surface area is 87.1 Å². The third-order valence-corrected chi connectivity index (χ3v) is 2.93. The highest BCUT2D eigenvalue weighted by atomic mass is 35.7. The van der Waals surface area contributed by atoms with E-state index in [-0.39, 0.29) is 11.1 Å². The third kappa shape index (κ3) is 2.70. The van der Waals surface area contributed by atoms with Crippen molar-refractivity contribution in [2.24, 2.45) is 0 Å². The lowest BCUT2D eigenvalue weighted by molar-refractivity contribution is 0.162. The average molecular weight is 239 g/mol. The minimum atomic E-state index is -3.73. The Morgan fingerprint density at radius 1 is 1.71 bits per heavy atom. The van der Waals surface area contributed by atoms with Crippen molar-refractivity contribution in [3.63, 3.8) is 0 Å². The molecule has 1 unspecified atom stereocenters. The SMILES string of the molecule is COCC(C)n1cnc(S(=O)(=O)Cl)c1. The predicted molar refractivity (Wildman–Crippen MR) is 51.9 cm³/mol. The topological polar surface area (TPSA) is 61.2 Å². The highest BCUT2D eigenvalue weighted by Gasteiger charge is 2.15. The predicted octanol–water partition coefficient (Wildman–Crippen LogP) is 1.02. The van der Waals surface area contributed by atoms with Crippen molar-refractivity contribution < 1.29 is 13.2 Å². The molecule has 0 saturated carbocycles. The van der Waals surface area contributed by atoms with E-state index < -0.39 is 9.05 Å². The van der Waals surface area contributed by atoms with Gasteiger partial charge in [0.15, 0.2) is 5.03 Å². The third-order valence-electron chi connectivity index (χ3n) is 1.74. The lowest BCUT2D eigenvalue weighted by atomic mass is 10.4. The average Bonchev–Trinajstić information content (AvgIpc) is 2.51. The van der Waals surface area contributed by atoms with Crippen LogP contribution in [0.1, 0.15) is 13.0 Å². The molecule has 1 heterocycles. The number of aromatic nitrogens is 2. The molecule has 1 aromatic heterocycles. The lowest BCUT2D eigenvalue weighted by Crippen LogP contribution is -2.08. The summed E-state index contributed by atoms with van der Waals surface area (Å²) in [6.45, 7) is 2.37. The van der Waals surface area contributed by atoms with Gasteiger partial charge in [-0.2, -0.15) is 0 Å². The minimum Gasteiger partial charge on any atom is -0.383 e. The molecule has 0 bridgehead atoms. The summed E-state index contributed by atoms with van der Waals surface area (Å²) in [4.78, 5) is 3.68. The fourth-order valence-corrected chi connectivity index (χ4v) is 1.67. The number of hydrogen-bond donors (Lipinski definition) is 0. The van der Waals surface area contributed by atoms with E-state index in [1.807, 2.05) is 6.92 Å². The van der Waals surface area contributed by atoms with Crippen molar-refractivity contribution in [2.45, 2.75) is 18.0 Å². The molecule has 1 aromatic rings. The molecule has 0 radical (unpaired) electrons. The maximum atomic E-state index is 10.9. The molecule has 1 atom stereocenters. The molecule has 0 spiro atoms. The van der Waals surface area contributed by atoms with Crippen molar-refractivity contribution in [3.05, 3.63) is 12.5 Å². The molecule has 0 aliphatic carbocycles. The zero-order chi connectivity index (χ0) is 10.8. The number of imidazole rings is 1. The van der Waals surface area contributed by atoms with Crippen LogP contribution >= 0.6 is 10.7 Å². The molecule has 0 N–H and O–H groups in total. The van der Waals surface area contributed by atoms with Crippen molar-refractivity contribution in [1.82, 2.24) is 9.55 Å². The van der Waals surface area contributed by atoms with Crippen LogP contribution in [0.2, 0.25) is 0 Å². The van der Waals surface area contributed by atoms with Crippen LogP contribution in [0.15, 0.2) is 17.6 Å². The standard InChI is InChI=1S/C7H11ClN2O3S/c1-6(4-13-2)10-3-7(9-5-10)14(8,11)12/h3,5-6H,4H2,1-2H3. The summed E-state index contributed by atoms with van der Waals surface area (Å²) < 4.78 is 28.3. The smallest absolute Gasteiger partial charge is 0.280 e. The van der Waals surface area contributed by atoms with E-state index in [4.69, 9.17) is 15.4 Å². The van der Waals surface area contributed by atoms with Crippen LogP contribution < -0.4 is 0 Å². The summed E-state index contributed by atoms with van der Waals surface area (Å²) in [6, 6.07) is 0.0275. The second kappa shape index (κ2) is 4.29.